The number of hydrogen-bond acceptors (Lipinski definition) is 1. The van der Waals surface area contributed by atoms with E-state index < -0.39 is 0 Å². The van der Waals surface area contributed by atoms with E-state index in [1.54, 1.807) is 0 Å². The maximum atomic E-state index is 5.97. The fourth-order valence-corrected chi connectivity index (χ4v) is 3.06. The van der Waals surface area contributed by atoms with Crippen LogP contribution in [0.5, 0.6) is 0 Å². The minimum absolute atomic E-state index is 0.891. The molecular formula is C21H14N2O+2. The Bertz CT molecular complexity index is 1180. The first-order valence-electron chi connectivity index (χ1n) is 7.88. The molecule has 2 heterocycles. The zero-order valence-corrected chi connectivity index (χ0v) is 12.9. The summed E-state index contributed by atoms with van der Waals surface area (Å²) in [6.45, 7) is 0. The lowest BCUT2D eigenvalue weighted by atomic mass is 10.1. The third-order valence-corrected chi connectivity index (χ3v) is 4.26. The third-order valence-electron chi connectivity index (χ3n) is 4.26. The monoisotopic (exact) mass is 310 g/mol. The van der Waals surface area contributed by atoms with Crippen LogP contribution in [0.4, 0.5) is 11.4 Å². The topological polar surface area (TPSA) is 19.2 Å². The maximum Gasteiger partial charge on any atom is 0.501 e. The van der Waals surface area contributed by atoms with Gasteiger partial charge in [-0.2, -0.15) is 0 Å². The second-order valence-electron chi connectivity index (χ2n) is 5.75. The first-order valence-corrected chi connectivity index (χ1v) is 7.88. The van der Waals surface area contributed by atoms with Gasteiger partial charge in [0.2, 0.25) is 11.4 Å². The lowest BCUT2D eigenvalue weighted by Crippen LogP contribution is -1.94. The van der Waals surface area contributed by atoms with Crippen LogP contribution in [0.25, 0.3) is 21.9 Å². The summed E-state index contributed by atoms with van der Waals surface area (Å²) < 4.78 is 9.92. The molecule has 0 amide bonds. The van der Waals surface area contributed by atoms with Gasteiger partial charge < -0.3 is 4.42 Å². The second kappa shape index (κ2) is 5.05. The van der Waals surface area contributed by atoms with Gasteiger partial charge in [0.25, 0.3) is 12.4 Å². The van der Waals surface area contributed by atoms with Gasteiger partial charge in [-0.3, -0.25) is 0 Å². The van der Waals surface area contributed by atoms with Crippen LogP contribution in [0.15, 0.2) is 89.6 Å². The largest absolute Gasteiger partial charge is 0.501 e. The molecule has 0 aliphatic carbocycles. The molecule has 0 atom stereocenters. The number of furan rings is 1. The lowest BCUT2D eigenvalue weighted by molar-refractivity contribution is -0.387. The van der Waals surface area contributed by atoms with E-state index in [-0.39, 0.29) is 0 Å². The quantitative estimate of drug-likeness (QED) is 0.464. The van der Waals surface area contributed by atoms with Crippen LogP contribution in [-0.4, -0.2) is 15.2 Å². The molecule has 0 spiro atoms. The number of benzene rings is 3. The normalized spacial score (nSPS) is 13.5. The Hall–Kier alpha value is -3.42. The number of fused-ring (bicyclic) bond motifs is 3. The first kappa shape index (κ1) is 13.1. The third kappa shape index (κ3) is 2.00. The van der Waals surface area contributed by atoms with Crippen molar-refractivity contribution in [1.82, 2.24) is 0 Å². The minimum Gasteiger partial charge on any atom is -0.456 e. The molecule has 0 N–H and O–H groups in total. The summed E-state index contributed by atoms with van der Waals surface area (Å²) in [6.07, 6.45) is 4.00. The van der Waals surface area contributed by atoms with Gasteiger partial charge in [-0.25, -0.2) is 0 Å². The van der Waals surface area contributed by atoms with Crippen LogP contribution in [0, 0.1) is 0 Å². The Labute approximate surface area is 138 Å². The van der Waals surface area contributed by atoms with Crippen molar-refractivity contribution in [1.29, 1.82) is 0 Å². The van der Waals surface area contributed by atoms with Gasteiger partial charge in [0.15, 0.2) is 0 Å². The van der Waals surface area contributed by atoms with Gasteiger partial charge in [-0.05, 0) is 12.1 Å². The molecule has 3 heteroatoms. The van der Waals surface area contributed by atoms with Crippen molar-refractivity contribution in [3.05, 3.63) is 85.2 Å². The Morgan fingerprint density at radius 3 is 2.21 bits per heavy atom. The highest BCUT2D eigenvalue weighted by atomic mass is 16.3. The van der Waals surface area contributed by atoms with Crippen molar-refractivity contribution >= 4 is 39.3 Å². The van der Waals surface area contributed by atoms with Crippen molar-refractivity contribution in [2.75, 3.05) is 0 Å². The molecule has 24 heavy (non-hydrogen) atoms. The molecule has 4 aromatic rings. The molecule has 1 aromatic heterocycles. The molecular weight excluding hydrogens is 296 g/mol. The summed E-state index contributed by atoms with van der Waals surface area (Å²) in [4.78, 5) is 0. The Morgan fingerprint density at radius 2 is 1.33 bits per heavy atom. The van der Waals surface area contributed by atoms with Crippen LogP contribution in [-0.2, 0) is 0 Å². The molecule has 0 bridgehead atoms. The fraction of sp³-hybridized carbons (Fsp3) is 0. The van der Waals surface area contributed by atoms with Gasteiger partial charge in [0.05, 0.1) is 6.07 Å². The van der Waals surface area contributed by atoms with Crippen molar-refractivity contribution < 1.29 is 13.6 Å². The predicted octanol–water partition coefficient (Wildman–Crippen LogP) is 5.23. The predicted molar refractivity (Wildman–Crippen MR) is 94.1 cm³/mol. The highest BCUT2D eigenvalue weighted by Gasteiger charge is 2.21. The second-order valence-corrected chi connectivity index (χ2v) is 5.75. The SMILES string of the molecule is C1=[N+](c2ccccc2)C=C[N+]=1c1ccc2c(c1)oc1ccccc12. The molecule has 112 valence electrons. The molecule has 1 aliphatic heterocycles. The standard InChI is InChI=1S/C21H14N2O/c1-2-6-16(7-3-1)22-12-13-23(15-22)17-10-11-19-18-8-4-5-9-20(18)24-21(19)14-17/h1-14H/q+2. The van der Waals surface area contributed by atoms with Crippen molar-refractivity contribution in [3.63, 3.8) is 0 Å². The van der Waals surface area contributed by atoms with Crippen molar-refractivity contribution in [2.24, 2.45) is 0 Å². The molecule has 5 rings (SSSR count). The van der Waals surface area contributed by atoms with Gasteiger partial charge in [0.1, 0.15) is 11.2 Å². The van der Waals surface area contributed by atoms with E-state index in [1.807, 2.05) is 57.9 Å². The molecule has 3 aromatic carbocycles. The highest BCUT2D eigenvalue weighted by Crippen LogP contribution is 2.31. The Balaban J connectivity index is 1.66. The summed E-state index contributed by atoms with van der Waals surface area (Å²) in [5.74, 6) is 0. The van der Waals surface area contributed by atoms with Gasteiger partial charge >= 0.3 is 6.01 Å². The molecule has 3 nitrogen and oxygen atoms in total. The van der Waals surface area contributed by atoms with E-state index in [0.29, 0.717) is 0 Å². The Morgan fingerprint density at radius 1 is 0.625 bits per heavy atom. The van der Waals surface area contributed by atoms with Crippen molar-refractivity contribution in [2.45, 2.75) is 0 Å². The highest BCUT2D eigenvalue weighted by molar-refractivity contribution is 6.05. The number of nitrogens with zero attached hydrogens (tertiary/aromatic N) is 2. The van der Waals surface area contributed by atoms with E-state index in [1.165, 1.54) is 0 Å². The zero-order valence-electron chi connectivity index (χ0n) is 12.9. The molecule has 0 saturated carbocycles. The minimum atomic E-state index is 0.891. The smallest absolute Gasteiger partial charge is 0.456 e. The van der Waals surface area contributed by atoms with Crippen LogP contribution >= 0.6 is 0 Å². The van der Waals surface area contributed by atoms with Crippen molar-refractivity contribution in [3.8, 4) is 0 Å². The van der Waals surface area contributed by atoms with E-state index in [9.17, 15) is 0 Å². The average molecular weight is 310 g/mol. The number of hydrogen-bond donors (Lipinski definition) is 0. The average Bonchev–Trinajstić information content (AvgIpc) is 3.27. The van der Waals surface area contributed by atoms with Crippen LogP contribution in [0.3, 0.4) is 0 Å². The van der Waals surface area contributed by atoms with Gasteiger partial charge in [-0.1, -0.05) is 45.5 Å². The van der Waals surface area contributed by atoms with E-state index in [2.05, 4.69) is 42.4 Å². The van der Waals surface area contributed by atoms with E-state index in [0.717, 1.165) is 33.3 Å². The molecule has 0 fully saturated rings. The number of rotatable bonds is 2. The molecule has 0 saturated heterocycles. The lowest BCUT2D eigenvalue weighted by Gasteiger charge is -1.90. The summed E-state index contributed by atoms with van der Waals surface area (Å²) >= 11 is 0. The van der Waals surface area contributed by atoms with Gasteiger partial charge in [-0.15, -0.1) is 0 Å². The Kier molecular flexibility index (Phi) is 2.75. The molecule has 0 unspecified atom stereocenters. The van der Waals surface area contributed by atoms with E-state index in [4.69, 9.17) is 4.42 Å². The summed E-state index contributed by atoms with van der Waals surface area (Å²) in [5.41, 5.74) is 3.92. The maximum absolute atomic E-state index is 5.97. The summed E-state index contributed by atoms with van der Waals surface area (Å²) in [6, 6.07) is 27.9. The van der Waals surface area contributed by atoms with Crippen LogP contribution in [0.1, 0.15) is 0 Å². The van der Waals surface area contributed by atoms with Crippen LogP contribution < -0.4 is 0 Å². The molecule has 0 radical (unpaired) electrons. The summed E-state index contributed by atoms with van der Waals surface area (Å²) in [7, 11) is 0. The number of para-hydroxylation sites is 2. The zero-order chi connectivity index (χ0) is 15.9. The van der Waals surface area contributed by atoms with Gasteiger partial charge in [0, 0.05) is 29.0 Å². The summed E-state index contributed by atoms with van der Waals surface area (Å²) in [5, 5.41) is 2.28. The molecule has 1 aliphatic rings. The fourth-order valence-electron chi connectivity index (χ4n) is 3.06. The van der Waals surface area contributed by atoms with E-state index >= 15 is 0 Å². The first-order chi connectivity index (χ1) is 11.9. The van der Waals surface area contributed by atoms with Crippen LogP contribution in [0.2, 0.25) is 0 Å².